The van der Waals surface area contributed by atoms with Gasteiger partial charge in [-0.3, -0.25) is 4.98 Å². The fourth-order valence-electron chi connectivity index (χ4n) is 3.17. The summed E-state index contributed by atoms with van der Waals surface area (Å²) in [5.41, 5.74) is 2.96. The van der Waals surface area contributed by atoms with Crippen LogP contribution in [0.3, 0.4) is 0 Å². The number of pyridine rings is 1. The molecular weight excluding hydrogens is 232 g/mol. The van der Waals surface area contributed by atoms with Gasteiger partial charge in [-0.25, -0.2) is 0 Å². The lowest BCUT2D eigenvalue weighted by Gasteiger charge is -2.18. The van der Waals surface area contributed by atoms with E-state index in [0.29, 0.717) is 11.5 Å². The van der Waals surface area contributed by atoms with Crippen molar-refractivity contribution in [1.82, 2.24) is 10.3 Å². The Balaban J connectivity index is 1.72. The van der Waals surface area contributed by atoms with E-state index in [0.717, 1.165) is 12.1 Å². The first kappa shape index (κ1) is 12.6. The van der Waals surface area contributed by atoms with Crippen molar-refractivity contribution >= 4 is 10.9 Å². The Labute approximate surface area is 115 Å². The zero-order valence-corrected chi connectivity index (χ0v) is 11.8. The molecule has 1 atom stereocenters. The third-order valence-electron chi connectivity index (χ3n) is 4.29. The number of aromatic nitrogens is 1. The summed E-state index contributed by atoms with van der Waals surface area (Å²) < 4.78 is 0. The van der Waals surface area contributed by atoms with Gasteiger partial charge in [0.15, 0.2) is 0 Å². The number of nitrogens with one attached hydrogen (secondary N) is 1. The molecule has 0 bridgehead atoms. The summed E-state index contributed by atoms with van der Waals surface area (Å²) in [6.45, 7) is 5.69. The second-order valence-electron chi connectivity index (χ2n) is 6.47. The summed E-state index contributed by atoms with van der Waals surface area (Å²) >= 11 is 0. The van der Waals surface area contributed by atoms with Crippen LogP contribution < -0.4 is 5.32 Å². The van der Waals surface area contributed by atoms with Gasteiger partial charge in [-0.05, 0) is 42.4 Å². The molecule has 1 heterocycles. The monoisotopic (exact) mass is 254 g/mol. The molecule has 100 valence electrons. The molecule has 2 nitrogen and oxygen atoms in total. The van der Waals surface area contributed by atoms with Crippen LogP contribution in [0.5, 0.6) is 0 Å². The topological polar surface area (TPSA) is 24.9 Å². The minimum atomic E-state index is 0.512. The van der Waals surface area contributed by atoms with Gasteiger partial charge in [0, 0.05) is 24.2 Å². The van der Waals surface area contributed by atoms with Crippen LogP contribution in [0.1, 0.15) is 38.7 Å². The van der Waals surface area contributed by atoms with E-state index < -0.39 is 0 Å². The number of hydrogen-bond acceptors (Lipinski definition) is 2. The van der Waals surface area contributed by atoms with Gasteiger partial charge in [0.05, 0.1) is 5.52 Å². The average Bonchev–Trinajstić information content (AvgIpc) is 2.76. The van der Waals surface area contributed by atoms with E-state index in [9.17, 15) is 0 Å². The molecule has 1 N–H and O–H groups in total. The average molecular weight is 254 g/mol. The van der Waals surface area contributed by atoms with Gasteiger partial charge >= 0.3 is 0 Å². The lowest BCUT2D eigenvalue weighted by molar-refractivity contribution is 0.364. The molecule has 0 saturated heterocycles. The molecule has 0 aliphatic heterocycles. The quantitative estimate of drug-likeness (QED) is 0.898. The predicted molar refractivity (Wildman–Crippen MR) is 80.0 cm³/mol. The molecule has 3 rings (SSSR count). The predicted octanol–water partition coefficient (Wildman–Crippen LogP) is 3.90. The first-order valence-corrected chi connectivity index (χ1v) is 7.20. The highest BCUT2D eigenvalue weighted by Crippen LogP contribution is 2.37. The van der Waals surface area contributed by atoms with Crippen LogP contribution in [0.25, 0.3) is 10.9 Å². The van der Waals surface area contributed by atoms with Crippen molar-refractivity contribution in [2.45, 2.75) is 45.7 Å². The Morgan fingerprint density at radius 1 is 1.26 bits per heavy atom. The van der Waals surface area contributed by atoms with Gasteiger partial charge in [-0.2, -0.15) is 0 Å². The highest BCUT2D eigenvalue weighted by Gasteiger charge is 2.30. The molecule has 0 amide bonds. The standard InChI is InChI=1S/C17H22N2/c1-17(2)9-7-14(11-17)19-12-13-8-10-18-16-6-4-3-5-15(13)16/h3-6,8,10,14,19H,7,9,11-12H2,1-2H3. The van der Waals surface area contributed by atoms with Crippen LogP contribution in [0.15, 0.2) is 36.5 Å². The summed E-state index contributed by atoms with van der Waals surface area (Å²) in [6, 6.07) is 11.2. The summed E-state index contributed by atoms with van der Waals surface area (Å²) in [4.78, 5) is 4.42. The summed E-state index contributed by atoms with van der Waals surface area (Å²) in [5, 5.41) is 4.99. The minimum Gasteiger partial charge on any atom is -0.310 e. The molecule has 1 unspecified atom stereocenters. The lowest BCUT2D eigenvalue weighted by atomic mass is 9.92. The zero-order valence-electron chi connectivity index (χ0n) is 11.8. The Hall–Kier alpha value is -1.41. The van der Waals surface area contributed by atoms with Gasteiger partial charge in [0.2, 0.25) is 0 Å². The first-order chi connectivity index (χ1) is 9.14. The molecule has 1 fully saturated rings. The van der Waals surface area contributed by atoms with E-state index in [1.54, 1.807) is 0 Å². The minimum absolute atomic E-state index is 0.512. The number of hydrogen-bond donors (Lipinski definition) is 1. The summed E-state index contributed by atoms with van der Waals surface area (Å²) in [7, 11) is 0. The molecular formula is C17H22N2. The number of benzene rings is 1. The maximum Gasteiger partial charge on any atom is 0.0705 e. The summed E-state index contributed by atoms with van der Waals surface area (Å²) in [6.07, 6.45) is 5.84. The largest absolute Gasteiger partial charge is 0.310 e. The molecule has 1 aliphatic carbocycles. The van der Waals surface area contributed by atoms with Crippen molar-refractivity contribution in [2.75, 3.05) is 0 Å². The Bertz CT molecular complexity index is 569. The van der Waals surface area contributed by atoms with Crippen LogP contribution in [-0.2, 0) is 6.54 Å². The molecule has 1 aliphatic rings. The molecule has 1 aromatic heterocycles. The zero-order chi connectivity index (χ0) is 13.3. The fourth-order valence-corrected chi connectivity index (χ4v) is 3.17. The second kappa shape index (κ2) is 4.93. The second-order valence-corrected chi connectivity index (χ2v) is 6.47. The number of fused-ring (bicyclic) bond motifs is 1. The molecule has 0 radical (unpaired) electrons. The molecule has 0 spiro atoms. The molecule has 1 saturated carbocycles. The maximum absolute atomic E-state index is 4.42. The normalized spacial score (nSPS) is 21.9. The van der Waals surface area contributed by atoms with E-state index in [1.165, 1.54) is 30.2 Å². The number of rotatable bonds is 3. The van der Waals surface area contributed by atoms with Gasteiger partial charge in [-0.15, -0.1) is 0 Å². The lowest BCUT2D eigenvalue weighted by Crippen LogP contribution is -2.26. The van der Waals surface area contributed by atoms with Gasteiger partial charge in [-0.1, -0.05) is 32.0 Å². The Morgan fingerprint density at radius 2 is 2.11 bits per heavy atom. The van der Waals surface area contributed by atoms with Crippen LogP contribution >= 0.6 is 0 Å². The third-order valence-corrected chi connectivity index (χ3v) is 4.29. The van der Waals surface area contributed by atoms with Crippen LogP contribution in [0, 0.1) is 5.41 Å². The third kappa shape index (κ3) is 2.79. The molecule has 19 heavy (non-hydrogen) atoms. The van der Waals surface area contributed by atoms with E-state index in [1.807, 2.05) is 12.3 Å². The van der Waals surface area contributed by atoms with Crippen LogP contribution in [0.4, 0.5) is 0 Å². The van der Waals surface area contributed by atoms with E-state index in [2.05, 4.69) is 48.4 Å². The van der Waals surface area contributed by atoms with Crippen LogP contribution in [0.2, 0.25) is 0 Å². The van der Waals surface area contributed by atoms with Crippen molar-refractivity contribution in [1.29, 1.82) is 0 Å². The van der Waals surface area contributed by atoms with Crippen molar-refractivity contribution in [3.8, 4) is 0 Å². The van der Waals surface area contributed by atoms with Crippen molar-refractivity contribution in [2.24, 2.45) is 5.41 Å². The first-order valence-electron chi connectivity index (χ1n) is 7.20. The van der Waals surface area contributed by atoms with Crippen molar-refractivity contribution in [3.63, 3.8) is 0 Å². The van der Waals surface area contributed by atoms with E-state index in [4.69, 9.17) is 0 Å². The van der Waals surface area contributed by atoms with E-state index in [-0.39, 0.29) is 0 Å². The maximum atomic E-state index is 4.42. The van der Waals surface area contributed by atoms with Gasteiger partial charge in [0.25, 0.3) is 0 Å². The van der Waals surface area contributed by atoms with Gasteiger partial charge in [0.1, 0.15) is 0 Å². The smallest absolute Gasteiger partial charge is 0.0705 e. The van der Waals surface area contributed by atoms with E-state index >= 15 is 0 Å². The Kier molecular flexibility index (Phi) is 3.28. The Morgan fingerprint density at radius 3 is 2.89 bits per heavy atom. The molecule has 2 heteroatoms. The highest BCUT2D eigenvalue weighted by atomic mass is 14.9. The molecule has 2 aromatic rings. The van der Waals surface area contributed by atoms with Gasteiger partial charge < -0.3 is 5.32 Å². The van der Waals surface area contributed by atoms with Crippen LogP contribution in [-0.4, -0.2) is 11.0 Å². The van der Waals surface area contributed by atoms with Crippen molar-refractivity contribution in [3.05, 3.63) is 42.1 Å². The highest BCUT2D eigenvalue weighted by molar-refractivity contribution is 5.81. The fraction of sp³-hybridized carbons (Fsp3) is 0.471. The number of para-hydroxylation sites is 1. The number of nitrogens with zero attached hydrogens (tertiary/aromatic N) is 1. The summed E-state index contributed by atoms with van der Waals surface area (Å²) in [5.74, 6) is 0. The SMILES string of the molecule is CC1(C)CCC(NCc2ccnc3ccccc23)C1. The molecule has 1 aromatic carbocycles. The van der Waals surface area contributed by atoms with Crippen molar-refractivity contribution < 1.29 is 0 Å².